The summed E-state index contributed by atoms with van der Waals surface area (Å²) in [4.78, 5) is 10.8. The molecule has 1 aromatic rings. The topological polar surface area (TPSA) is 52.4 Å². The number of ether oxygens (including phenoxy) is 1. The maximum Gasteiger partial charge on any atom is 0.311 e. The molecule has 0 aliphatic heterocycles. The summed E-state index contributed by atoms with van der Waals surface area (Å²) in [6.07, 6.45) is 5.65. The smallest absolute Gasteiger partial charge is 0.311 e. The van der Waals surface area contributed by atoms with Crippen LogP contribution in [-0.4, -0.2) is 11.0 Å². The third kappa shape index (κ3) is 3.72. The standard InChI is InChI=1S/C15H20BrNO3/c1-2-11-3-6-13(7-4-11)20-15-8-5-12(10-16)9-14(15)17(18)19/h5,8-9,11,13H,2-4,6-7,10H2,1H3. The summed E-state index contributed by atoms with van der Waals surface area (Å²) in [5.74, 6) is 1.19. The molecule has 4 nitrogen and oxygen atoms in total. The average Bonchev–Trinajstić information content (AvgIpc) is 2.48. The lowest BCUT2D eigenvalue weighted by molar-refractivity contribution is -0.386. The molecular formula is C15H20BrNO3. The van der Waals surface area contributed by atoms with Gasteiger partial charge in [0.2, 0.25) is 0 Å². The summed E-state index contributed by atoms with van der Waals surface area (Å²) in [6.45, 7) is 2.22. The molecule has 5 heteroatoms. The van der Waals surface area contributed by atoms with Crippen molar-refractivity contribution in [3.63, 3.8) is 0 Å². The van der Waals surface area contributed by atoms with E-state index in [9.17, 15) is 10.1 Å². The fourth-order valence-electron chi connectivity index (χ4n) is 2.73. The minimum Gasteiger partial charge on any atom is -0.484 e. The number of rotatable bonds is 5. The van der Waals surface area contributed by atoms with Crippen molar-refractivity contribution in [2.45, 2.75) is 50.5 Å². The lowest BCUT2D eigenvalue weighted by atomic mass is 9.86. The maximum absolute atomic E-state index is 11.1. The van der Waals surface area contributed by atoms with Crippen molar-refractivity contribution in [2.75, 3.05) is 0 Å². The Balaban J connectivity index is 2.07. The van der Waals surface area contributed by atoms with Gasteiger partial charge >= 0.3 is 5.69 Å². The second-order valence-corrected chi connectivity index (χ2v) is 5.92. The van der Waals surface area contributed by atoms with Gasteiger partial charge < -0.3 is 4.74 Å². The van der Waals surface area contributed by atoms with Crippen LogP contribution in [0.25, 0.3) is 0 Å². The average molecular weight is 342 g/mol. The molecular weight excluding hydrogens is 322 g/mol. The van der Waals surface area contributed by atoms with Crippen LogP contribution in [0.15, 0.2) is 18.2 Å². The van der Waals surface area contributed by atoms with Crippen molar-refractivity contribution in [1.82, 2.24) is 0 Å². The fraction of sp³-hybridized carbons (Fsp3) is 0.600. The molecule has 1 aliphatic carbocycles. The Bertz CT molecular complexity index is 470. The molecule has 0 spiro atoms. The number of nitrogens with zero attached hydrogens (tertiary/aromatic N) is 1. The third-order valence-electron chi connectivity index (χ3n) is 4.04. The SMILES string of the molecule is CCC1CCC(Oc2ccc(CBr)cc2[N+](=O)[O-])CC1. The van der Waals surface area contributed by atoms with E-state index in [-0.39, 0.29) is 16.7 Å². The third-order valence-corrected chi connectivity index (χ3v) is 4.69. The molecule has 0 unspecified atom stereocenters. The van der Waals surface area contributed by atoms with Crippen molar-refractivity contribution in [2.24, 2.45) is 5.92 Å². The Morgan fingerprint density at radius 1 is 1.35 bits per heavy atom. The molecule has 0 atom stereocenters. The van der Waals surface area contributed by atoms with Crippen LogP contribution in [0, 0.1) is 16.0 Å². The molecule has 1 fully saturated rings. The van der Waals surface area contributed by atoms with Crippen molar-refractivity contribution in [3.8, 4) is 5.75 Å². The lowest BCUT2D eigenvalue weighted by Gasteiger charge is -2.28. The zero-order chi connectivity index (χ0) is 14.5. The van der Waals surface area contributed by atoms with E-state index in [1.54, 1.807) is 12.1 Å². The van der Waals surface area contributed by atoms with Crippen LogP contribution in [0.4, 0.5) is 5.69 Å². The summed E-state index contributed by atoms with van der Waals surface area (Å²) >= 11 is 3.31. The molecule has 1 saturated carbocycles. The van der Waals surface area contributed by atoms with E-state index in [0.29, 0.717) is 11.1 Å². The predicted molar refractivity (Wildman–Crippen MR) is 82.4 cm³/mol. The van der Waals surface area contributed by atoms with E-state index in [1.807, 2.05) is 6.07 Å². The Labute approximate surface area is 127 Å². The van der Waals surface area contributed by atoms with Gasteiger partial charge in [-0.25, -0.2) is 0 Å². The van der Waals surface area contributed by atoms with E-state index in [0.717, 1.165) is 37.2 Å². The van der Waals surface area contributed by atoms with Gasteiger partial charge in [-0.3, -0.25) is 10.1 Å². The van der Waals surface area contributed by atoms with Crippen LogP contribution < -0.4 is 4.74 Å². The molecule has 2 rings (SSSR count). The number of nitro groups is 1. The first-order chi connectivity index (χ1) is 9.63. The second-order valence-electron chi connectivity index (χ2n) is 5.36. The van der Waals surface area contributed by atoms with Gasteiger partial charge in [-0.2, -0.15) is 0 Å². The molecule has 0 amide bonds. The predicted octanol–water partition coefficient (Wildman–Crippen LogP) is 4.84. The zero-order valence-corrected chi connectivity index (χ0v) is 13.3. The van der Waals surface area contributed by atoms with E-state index >= 15 is 0 Å². The number of hydrogen-bond donors (Lipinski definition) is 0. The van der Waals surface area contributed by atoms with E-state index < -0.39 is 0 Å². The van der Waals surface area contributed by atoms with Crippen molar-refractivity contribution < 1.29 is 9.66 Å². The summed E-state index contributed by atoms with van der Waals surface area (Å²) in [5, 5.41) is 11.7. The maximum atomic E-state index is 11.1. The van der Waals surface area contributed by atoms with Gasteiger partial charge in [0.15, 0.2) is 5.75 Å². The van der Waals surface area contributed by atoms with Gasteiger partial charge in [0.25, 0.3) is 0 Å². The number of nitro benzene ring substituents is 1. The Morgan fingerprint density at radius 2 is 2.05 bits per heavy atom. The minimum atomic E-state index is -0.362. The van der Waals surface area contributed by atoms with Gasteiger partial charge in [0.1, 0.15) is 0 Å². The molecule has 0 bridgehead atoms. The highest BCUT2D eigenvalue weighted by atomic mass is 79.9. The highest BCUT2D eigenvalue weighted by molar-refractivity contribution is 9.08. The van der Waals surface area contributed by atoms with Crippen LogP contribution in [0.3, 0.4) is 0 Å². The Hall–Kier alpha value is -1.10. The first-order valence-corrected chi connectivity index (χ1v) is 8.26. The summed E-state index contributed by atoms with van der Waals surface area (Å²) in [5.41, 5.74) is 0.957. The van der Waals surface area contributed by atoms with Crippen molar-refractivity contribution in [3.05, 3.63) is 33.9 Å². The largest absolute Gasteiger partial charge is 0.484 e. The monoisotopic (exact) mass is 341 g/mol. The van der Waals surface area contributed by atoms with E-state index in [2.05, 4.69) is 22.9 Å². The molecule has 0 N–H and O–H groups in total. The van der Waals surface area contributed by atoms with Crippen molar-refractivity contribution in [1.29, 1.82) is 0 Å². The molecule has 0 heterocycles. The second kappa shape index (κ2) is 7.07. The Kier molecular flexibility index (Phi) is 5.40. The van der Waals surface area contributed by atoms with Gasteiger partial charge in [-0.15, -0.1) is 0 Å². The first kappa shape index (κ1) is 15.3. The summed E-state index contributed by atoms with van der Waals surface area (Å²) < 4.78 is 5.88. The molecule has 110 valence electrons. The van der Waals surface area contributed by atoms with Gasteiger partial charge in [0, 0.05) is 11.4 Å². The van der Waals surface area contributed by atoms with Crippen LogP contribution >= 0.6 is 15.9 Å². The number of alkyl halides is 1. The molecule has 1 aliphatic rings. The van der Waals surface area contributed by atoms with Gasteiger partial charge in [-0.05, 0) is 43.2 Å². The normalized spacial score (nSPS) is 22.5. The highest BCUT2D eigenvalue weighted by Crippen LogP contribution is 2.34. The molecule has 0 saturated heterocycles. The quantitative estimate of drug-likeness (QED) is 0.437. The van der Waals surface area contributed by atoms with Crippen LogP contribution in [-0.2, 0) is 5.33 Å². The first-order valence-electron chi connectivity index (χ1n) is 7.14. The summed E-state index contributed by atoms with van der Waals surface area (Å²) in [7, 11) is 0. The lowest BCUT2D eigenvalue weighted by Crippen LogP contribution is -2.24. The number of benzene rings is 1. The fourth-order valence-corrected chi connectivity index (χ4v) is 3.07. The zero-order valence-electron chi connectivity index (χ0n) is 11.7. The minimum absolute atomic E-state index is 0.0690. The summed E-state index contributed by atoms with van der Waals surface area (Å²) in [6, 6.07) is 5.18. The molecule has 0 radical (unpaired) electrons. The number of halogens is 1. The van der Waals surface area contributed by atoms with E-state index in [4.69, 9.17) is 4.74 Å². The Morgan fingerprint density at radius 3 is 2.60 bits per heavy atom. The van der Waals surface area contributed by atoms with Crippen LogP contribution in [0.5, 0.6) is 5.75 Å². The highest BCUT2D eigenvalue weighted by Gasteiger charge is 2.24. The molecule has 20 heavy (non-hydrogen) atoms. The number of hydrogen-bond acceptors (Lipinski definition) is 3. The van der Waals surface area contributed by atoms with Crippen LogP contribution in [0.1, 0.15) is 44.6 Å². The molecule has 0 aromatic heterocycles. The van der Waals surface area contributed by atoms with Crippen molar-refractivity contribution >= 4 is 21.6 Å². The van der Waals surface area contributed by atoms with Gasteiger partial charge in [0.05, 0.1) is 11.0 Å². The molecule has 1 aromatic carbocycles. The van der Waals surface area contributed by atoms with Gasteiger partial charge in [-0.1, -0.05) is 35.3 Å². The van der Waals surface area contributed by atoms with Crippen LogP contribution in [0.2, 0.25) is 0 Å². The van der Waals surface area contributed by atoms with E-state index in [1.165, 1.54) is 6.42 Å².